The maximum atomic E-state index is 14.8. The summed E-state index contributed by atoms with van der Waals surface area (Å²) in [6.45, 7) is 1.88. The number of benzene rings is 3. The molecule has 3 aromatic carbocycles. The quantitative estimate of drug-likeness (QED) is 0.111. The summed E-state index contributed by atoms with van der Waals surface area (Å²) >= 11 is 0. The van der Waals surface area contributed by atoms with E-state index >= 15 is 0 Å². The molecule has 0 bridgehead atoms. The highest BCUT2D eigenvalue weighted by Crippen LogP contribution is 2.41. The molecule has 4 N–H and O–H groups in total. The number of carbonyl (C=O) groups is 1. The fraction of sp³-hybridized carbons (Fsp3) is 0.200. The predicted molar refractivity (Wildman–Crippen MR) is 170 cm³/mol. The molecule has 4 aromatic rings. The molecule has 5 rings (SSSR count). The molecular weight excluding hydrogens is 587 g/mol. The van der Waals surface area contributed by atoms with Crippen LogP contribution in [0.2, 0.25) is 0 Å². The minimum absolute atomic E-state index is 0.0913. The van der Waals surface area contributed by atoms with Gasteiger partial charge in [0.1, 0.15) is 29.3 Å². The number of ether oxygens (including phenoxy) is 1. The average Bonchev–Trinajstić information content (AvgIpc) is 3.09. The molecule has 11 heteroatoms. The smallest absolute Gasteiger partial charge is 0.267 e. The number of phenolic OH excluding ortho intramolecular Hbond substituents is 1. The number of aromatic nitrogens is 1. The molecule has 0 unspecified atom stereocenters. The fourth-order valence-electron chi connectivity index (χ4n) is 5.56. The van der Waals surface area contributed by atoms with Crippen LogP contribution in [0.25, 0.3) is 28.3 Å². The molecule has 0 radical (unpaired) electrons. The lowest BCUT2D eigenvalue weighted by Crippen LogP contribution is -2.42. The molecule has 232 valence electrons. The molecule has 1 aliphatic rings. The van der Waals surface area contributed by atoms with Gasteiger partial charge >= 0.3 is 0 Å². The maximum absolute atomic E-state index is 14.8. The van der Waals surface area contributed by atoms with Crippen molar-refractivity contribution in [3.05, 3.63) is 101 Å². The van der Waals surface area contributed by atoms with E-state index in [1.807, 2.05) is 35.2 Å². The lowest BCUT2D eigenvalue weighted by atomic mass is 9.91. The lowest BCUT2D eigenvalue weighted by Gasteiger charge is -2.34. The highest BCUT2D eigenvalue weighted by Gasteiger charge is 2.26. The first-order chi connectivity index (χ1) is 22.3. The van der Waals surface area contributed by atoms with Crippen LogP contribution in [-0.2, 0) is 11.3 Å². The van der Waals surface area contributed by atoms with Crippen LogP contribution in [0.3, 0.4) is 0 Å². The van der Waals surface area contributed by atoms with Crippen molar-refractivity contribution in [1.29, 1.82) is 10.5 Å². The summed E-state index contributed by atoms with van der Waals surface area (Å²) in [5.74, 6) is -0.627. The van der Waals surface area contributed by atoms with Crippen molar-refractivity contribution in [2.24, 2.45) is 0 Å². The Morgan fingerprint density at radius 2 is 1.89 bits per heavy atom. The Morgan fingerprint density at radius 3 is 2.57 bits per heavy atom. The third-order valence-corrected chi connectivity index (χ3v) is 7.92. The summed E-state index contributed by atoms with van der Waals surface area (Å²) in [6.07, 6.45) is 6.08. The van der Waals surface area contributed by atoms with Gasteiger partial charge < -0.3 is 20.1 Å². The number of hydrogen-bond donors (Lipinski definition) is 4. The Labute approximate surface area is 265 Å². The number of amides is 1. The number of rotatable bonds is 9. The summed E-state index contributed by atoms with van der Waals surface area (Å²) in [4.78, 5) is 18.0. The van der Waals surface area contributed by atoms with Gasteiger partial charge in [0.25, 0.3) is 5.91 Å². The number of hydrogen-bond acceptors (Lipinski definition) is 9. The second kappa shape index (κ2) is 14.4. The van der Waals surface area contributed by atoms with Gasteiger partial charge in [-0.2, -0.15) is 10.5 Å². The first kappa shape index (κ1) is 31.7. The molecule has 2 heterocycles. The maximum Gasteiger partial charge on any atom is 0.267 e. The van der Waals surface area contributed by atoms with Gasteiger partial charge in [0.15, 0.2) is 11.5 Å². The summed E-state index contributed by atoms with van der Waals surface area (Å²) < 4.78 is 20.0. The summed E-state index contributed by atoms with van der Waals surface area (Å²) in [6, 6.07) is 21.2. The SMILES string of the molecule is COc1ccc(-c2cnc(N3CCC(NCc4cccc(/C=C/C(=O)NO)c4)CC3)c(C#N)c2-c2ccc(C#N)c(F)c2)cc1O. The number of aromatic hydroxyl groups is 1. The van der Waals surface area contributed by atoms with Crippen molar-refractivity contribution in [2.45, 2.75) is 25.4 Å². The first-order valence-corrected chi connectivity index (χ1v) is 14.5. The van der Waals surface area contributed by atoms with Gasteiger partial charge in [0.2, 0.25) is 0 Å². The minimum atomic E-state index is -0.699. The largest absolute Gasteiger partial charge is 0.504 e. The second-order valence-electron chi connectivity index (χ2n) is 10.7. The van der Waals surface area contributed by atoms with Crippen LogP contribution in [0.4, 0.5) is 10.2 Å². The van der Waals surface area contributed by atoms with E-state index in [0.29, 0.717) is 47.7 Å². The molecular formula is C35H31FN6O4. The fourth-order valence-corrected chi connectivity index (χ4v) is 5.56. The van der Waals surface area contributed by atoms with Crippen molar-refractivity contribution < 1.29 is 24.2 Å². The third kappa shape index (κ3) is 6.97. The summed E-state index contributed by atoms with van der Waals surface area (Å²) in [5.41, 5.74) is 5.55. The number of nitrogens with zero attached hydrogens (tertiary/aromatic N) is 4. The van der Waals surface area contributed by atoms with Crippen LogP contribution in [0.15, 0.2) is 72.9 Å². The zero-order valence-corrected chi connectivity index (χ0v) is 25.0. The Morgan fingerprint density at radius 1 is 1.11 bits per heavy atom. The van der Waals surface area contributed by atoms with E-state index < -0.39 is 11.7 Å². The van der Waals surface area contributed by atoms with Crippen molar-refractivity contribution in [1.82, 2.24) is 15.8 Å². The minimum Gasteiger partial charge on any atom is -0.504 e. The number of carbonyl (C=O) groups excluding carboxylic acids is 1. The van der Waals surface area contributed by atoms with Crippen molar-refractivity contribution >= 4 is 17.8 Å². The van der Waals surface area contributed by atoms with Crippen LogP contribution in [0, 0.1) is 28.5 Å². The molecule has 46 heavy (non-hydrogen) atoms. The molecule has 0 aliphatic carbocycles. The van der Waals surface area contributed by atoms with Crippen LogP contribution >= 0.6 is 0 Å². The van der Waals surface area contributed by atoms with Gasteiger partial charge in [-0.05, 0) is 65.4 Å². The highest BCUT2D eigenvalue weighted by atomic mass is 19.1. The van der Waals surface area contributed by atoms with Gasteiger partial charge in [-0.25, -0.2) is 14.9 Å². The zero-order valence-electron chi connectivity index (χ0n) is 25.0. The molecule has 1 fully saturated rings. The predicted octanol–water partition coefficient (Wildman–Crippen LogP) is 5.29. The van der Waals surface area contributed by atoms with Crippen LogP contribution in [0.5, 0.6) is 11.5 Å². The van der Waals surface area contributed by atoms with E-state index in [-0.39, 0.29) is 28.7 Å². The van der Waals surface area contributed by atoms with Crippen molar-refractivity contribution in [2.75, 3.05) is 25.1 Å². The van der Waals surface area contributed by atoms with Crippen molar-refractivity contribution in [3.63, 3.8) is 0 Å². The van der Waals surface area contributed by atoms with Gasteiger partial charge in [0, 0.05) is 49.1 Å². The third-order valence-electron chi connectivity index (χ3n) is 7.92. The van der Waals surface area contributed by atoms with E-state index in [1.165, 1.54) is 31.4 Å². The van der Waals surface area contributed by atoms with Crippen molar-refractivity contribution in [3.8, 4) is 45.9 Å². The van der Waals surface area contributed by atoms with Crippen LogP contribution < -0.4 is 20.4 Å². The summed E-state index contributed by atoms with van der Waals surface area (Å²) in [7, 11) is 1.45. The zero-order chi connectivity index (χ0) is 32.6. The topological polar surface area (TPSA) is 155 Å². The number of methoxy groups -OCH3 is 1. The number of piperidine rings is 1. The highest BCUT2D eigenvalue weighted by molar-refractivity contribution is 5.91. The molecule has 0 atom stereocenters. The van der Waals surface area contributed by atoms with E-state index in [4.69, 9.17) is 14.9 Å². The number of hydroxylamine groups is 1. The van der Waals surface area contributed by atoms with E-state index in [9.17, 15) is 24.8 Å². The molecule has 10 nitrogen and oxygen atoms in total. The van der Waals surface area contributed by atoms with Crippen LogP contribution in [0.1, 0.15) is 35.1 Å². The number of anilines is 1. The number of pyridine rings is 1. The standard InChI is InChI=1S/C35H31FN6O4/c1-46-32-9-8-24(17-31(32)43)29-21-40-35(28(19-38)34(29)25-6-7-26(18-37)30(36)16-25)42-13-11-27(12-14-42)39-20-23-4-2-3-22(15-23)5-10-33(44)41-45/h2-10,15-17,21,27,39,43,45H,11-14,20H2,1H3,(H,41,44)/b10-5+. The second-order valence-corrected chi connectivity index (χ2v) is 10.7. The van der Waals surface area contributed by atoms with Crippen LogP contribution in [-0.4, -0.2) is 47.4 Å². The van der Waals surface area contributed by atoms with Gasteiger partial charge in [-0.3, -0.25) is 10.0 Å². The monoisotopic (exact) mass is 618 g/mol. The molecule has 1 aliphatic heterocycles. The average molecular weight is 619 g/mol. The normalized spacial score (nSPS) is 13.3. The Kier molecular flexibility index (Phi) is 9.88. The Hall–Kier alpha value is -5.75. The van der Waals surface area contributed by atoms with E-state index in [1.54, 1.807) is 36.0 Å². The first-order valence-electron chi connectivity index (χ1n) is 14.5. The number of halogens is 1. The lowest BCUT2D eigenvalue weighted by molar-refractivity contribution is -0.124. The molecule has 0 saturated carbocycles. The Balaban J connectivity index is 1.39. The molecule has 1 aromatic heterocycles. The molecule has 1 saturated heterocycles. The van der Waals surface area contributed by atoms with Gasteiger partial charge in [-0.1, -0.05) is 36.4 Å². The number of nitrogens with one attached hydrogen (secondary N) is 2. The number of nitriles is 2. The summed E-state index contributed by atoms with van der Waals surface area (Å²) in [5, 5.41) is 42.5. The Bertz CT molecular complexity index is 1870. The van der Waals surface area contributed by atoms with E-state index in [0.717, 1.165) is 24.0 Å². The molecule has 1 amide bonds. The number of phenols is 1. The van der Waals surface area contributed by atoms with Gasteiger partial charge in [-0.15, -0.1) is 0 Å². The molecule has 0 spiro atoms. The van der Waals surface area contributed by atoms with E-state index in [2.05, 4.69) is 11.4 Å². The van der Waals surface area contributed by atoms with Gasteiger partial charge in [0.05, 0.1) is 12.7 Å².